The molecule has 7 rings (SSSR count). The lowest BCUT2D eigenvalue weighted by atomic mass is 10.2. The fraction of sp³-hybridized carbons (Fsp3) is 0.760. The van der Waals surface area contributed by atoms with Crippen molar-refractivity contribution in [2.45, 2.75) is 43.5 Å². The van der Waals surface area contributed by atoms with Crippen LogP contribution in [0.4, 0.5) is 0 Å². The average Bonchev–Trinajstić information content (AvgIpc) is 3.66. The van der Waals surface area contributed by atoms with Crippen molar-refractivity contribution < 1.29 is 42.6 Å². The highest BCUT2D eigenvalue weighted by molar-refractivity contribution is 5.11. The van der Waals surface area contributed by atoms with E-state index in [-0.39, 0.29) is 0 Å². The Morgan fingerprint density at radius 1 is 0.500 bits per heavy atom. The number of aryl methyl sites for hydroxylation is 1. The molecule has 192 valence electrons. The smallest absolute Gasteiger partial charge is 0.104 e. The molecule has 6 atom stereocenters. The van der Waals surface area contributed by atoms with Crippen molar-refractivity contribution in [1.29, 1.82) is 0 Å². The Labute approximate surface area is 201 Å². The highest BCUT2D eigenvalue weighted by Crippen LogP contribution is 2.14. The molecule has 34 heavy (non-hydrogen) atoms. The summed E-state index contributed by atoms with van der Waals surface area (Å²) < 4.78 is 45.4. The van der Waals surface area contributed by atoms with Gasteiger partial charge < -0.3 is 42.6 Å². The second-order valence-electron chi connectivity index (χ2n) is 9.00. The largest absolute Gasteiger partial charge is 0.376 e. The van der Waals surface area contributed by atoms with Crippen LogP contribution >= 0.6 is 0 Å². The van der Waals surface area contributed by atoms with Crippen molar-refractivity contribution in [3.8, 4) is 0 Å². The summed E-state index contributed by atoms with van der Waals surface area (Å²) in [6, 6.07) is 10.3. The van der Waals surface area contributed by atoms with E-state index in [1.54, 1.807) is 0 Å². The average molecular weight is 483 g/mol. The molecule has 0 aliphatic carbocycles. The van der Waals surface area contributed by atoms with Crippen molar-refractivity contribution in [2.75, 3.05) is 79.3 Å². The summed E-state index contributed by atoms with van der Waals surface area (Å²) in [5.74, 6) is 0. The maximum Gasteiger partial charge on any atom is 0.104 e. The zero-order valence-electron chi connectivity index (χ0n) is 20.0. The van der Waals surface area contributed by atoms with Crippen molar-refractivity contribution in [2.24, 2.45) is 0 Å². The number of hydrogen-bond acceptors (Lipinski definition) is 9. The highest BCUT2D eigenvalue weighted by Gasteiger charge is 2.28. The third kappa shape index (κ3) is 15.0. The van der Waals surface area contributed by atoms with E-state index in [0.717, 1.165) is 79.3 Å². The molecule has 0 N–H and O–H groups in total. The Morgan fingerprint density at radius 3 is 0.882 bits per heavy atom. The van der Waals surface area contributed by atoms with Crippen LogP contribution in [0.3, 0.4) is 0 Å². The van der Waals surface area contributed by atoms with Gasteiger partial charge in [0.2, 0.25) is 0 Å². The van der Waals surface area contributed by atoms with Gasteiger partial charge in [-0.3, -0.25) is 0 Å². The predicted octanol–water partition coefficient (Wildman–Crippen LogP) is 1.40. The van der Waals surface area contributed by atoms with Gasteiger partial charge in [-0.1, -0.05) is 35.9 Å². The zero-order chi connectivity index (χ0) is 23.4. The lowest BCUT2D eigenvalue weighted by Crippen LogP contribution is -2.06. The first kappa shape index (κ1) is 25.9. The summed E-state index contributed by atoms with van der Waals surface area (Å²) in [6.07, 6.45) is 2.35. The van der Waals surface area contributed by atoms with Crippen LogP contribution in [0.2, 0.25) is 0 Å². The van der Waals surface area contributed by atoms with E-state index in [9.17, 15) is 0 Å². The SMILES string of the molecule is C(OCC1CO1)C1CO1.C(OCC1CO1)C1CO1.C(OCC1CO1)C1CO1.Cc1ccccc1. The number of epoxide rings is 6. The van der Waals surface area contributed by atoms with Gasteiger partial charge in [-0.15, -0.1) is 0 Å². The van der Waals surface area contributed by atoms with E-state index in [2.05, 4.69) is 19.1 Å². The van der Waals surface area contributed by atoms with Gasteiger partial charge >= 0.3 is 0 Å². The zero-order valence-corrected chi connectivity index (χ0v) is 20.0. The number of benzene rings is 1. The molecular weight excluding hydrogens is 444 g/mol. The van der Waals surface area contributed by atoms with Gasteiger partial charge in [0.05, 0.1) is 79.3 Å². The minimum atomic E-state index is 0.392. The maximum absolute atomic E-state index is 5.23. The summed E-state index contributed by atoms with van der Waals surface area (Å²) in [5, 5.41) is 0. The highest BCUT2D eigenvalue weighted by atomic mass is 16.6. The molecule has 6 aliphatic rings. The molecule has 0 bridgehead atoms. The Kier molecular flexibility index (Phi) is 11.0. The van der Waals surface area contributed by atoms with Crippen LogP contribution in [0, 0.1) is 6.92 Å². The summed E-state index contributed by atoms with van der Waals surface area (Å²) >= 11 is 0. The van der Waals surface area contributed by atoms with Gasteiger partial charge in [-0.25, -0.2) is 0 Å². The first-order valence-electron chi connectivity index (χ1n) is 12.2. The molecule has 6 saturated heterocycles. The molecule has 6 unspecified atom stereocenters. The lowest BCUT2D eigenvalue weighted by Gasteiger charge is -1.95. The molecule has 6 aliphatic heterocycles. The molecule has 6 heterocycles. The van der Waals surface area contributed by atoms with Gasteiger partial charge in [0.1, 0.15) is 36.6 Å². The maximum atomic E-state index is 5.23. The van der Waals surface area contributed by atoms with Crippen molar-refractivity contribution in [3.05, 3.63) is 35.9 Å². The van der Waals surface area contributed by atoms with E-state index in [1.807, 2.05) is 18.2 Å². The molecule has 0 radical (unpaired) electrons. The summed E-state index contributed by atoms with van der Waals surface area (Å²) in [6.45, 7) is 11.9. The summed E-state index contributed by atoms with van der Waals surface area (Å²) in [4.78, 5) is 0. The minimum Gasteiger partial charge on any atom is -0.376 e. The van der Waals surface area contributed by atoms with Gasteiger partial charge in [0, 0.05) is 0 Å². The topological polar surface area (TPSA) is 103 Å². The number of ether oxygens (including phenoxy) is 9. The van der Waals surface area contributed by atoms with Crippen LogP contribution < -0.4 is 0 Å². The Balaban J connectivity index is 0.000000108. The van der Waals surface area contributed by atoms with Gasteiger partial charge in [-0.2, -0.15) is 0 Å². The summed E-state index contributed by atoms with van der Waals surface area (Å²) in [7, 11) is 0. The molecule has 0 saturated carbocycles. The molecule has 9 heteroatoms. The summed E-state index contributed by atoms with van der Waals surface area (Å²) in [5.41, 5.74) is 1.32. The third-order valence-electron chi connectivity index (χ3n) is 5.18. The first-order valence-corrected chi connectivity index (χ1v) is 12.2. The van der Waals surface area contributed by atoms with Crippen LogP contribution in [0.15, 0.2) is 30.3 Å². The molecular formula is C25H38O9. The predicted molar refractivity (Wildman–Crippen MR) is 122 cm³/mol. The molecule has 0 aromatic heterocycles. The monoisotopic (exact) mass is 482 g/mol. The van der Waals surface area contributed by atoms with Crippen LogP contribution in [-0.4, -0.2) is 116 Å². The van der Waals surface area contributed by atoms with E-state index < -0.39 is 0 Å². The Hall–Kier alpha value is -1.14. The van der Waals surface area contributed by atoms with E-state index in [0.29, 0.717) is 36.6 Å². The third-order valence-corrected chi connectivity index (χ3v) is 5.18. The quantitative estimate of drug-likeness (QED) is 0.409. The van der Waals surface area contributed by atoms with Gasteiger partial charge in [0.25, 0.3) is 0 Å². The van der Waals surface area contributed by atoms with E-state index in [1.165, 1.54) is 5.56 Å². The van der Waals surface area contributed by atoms with E-state index in [4.69, 9.17) is 42.6 Å². The van der Waals surface area contributed by atoms with Crippen LogP contribution in [0.5, 0.6) is 0 Å². The second-order valence-corrected chi connectivity index (χ2v) is 9.00. The number of hydrogen-bond donors (Lipinski definition) is 0. The number of rotatable bonds is 12. The van der Waals surface area contributed by atoms with Gasteiger partial charge in [0.15, 0.2) is 0 Å². The van der Waals surface area contributed by atoms with Crippen molar-refractivity contribution in [3.63, 3.8) is 0 Å². The van der Waals surface area contributed by atoms with Crippen LogP contribution in [0.1, 0.15) is 5.56 Å². The molecule has 1 aromatic rings. The molecule has 9 nitrogen and oxygen atoms in total. The fourth-order valence-electron chi connectivity index (χ4n) is 2.51. The minimum absolute atomic E-state index is 0.392. The fourth-order valence-corrected chi connectivity index (χ4v) is 2.51. The molecule has 0 spiro atoms. The van der Waals surface area contributed by atoms with Crippen LogP contribution in [0.25, 0.3) is 0 Å². The standard InChI is InChI=1S/C7H8.3C6H10O3/c1-7-5-3-2-4-6-7;3*1(5-3-8-5)7-2-6-4-9-6/h2-6H,1H3;3*5-6H,1-4H2. The molecule has 0 amide bonds. The van der Waals surface area contributed by atoms with Crippen LogP contribution in [-0.2, 0) is 42.6 Å². The Morgan fingerprint density at radius 2 is 0.735 bits per heavy atom. The second kappa shape index (κ2) is 14.4. The van der Waals surface area contributed by atoms with Crippen molar-refractivity contribution >= 4 is 0 Å². The van der Waals surface area contributed by atoms with Gasteiger partial charge in [-0.05, 0) is 6.92 Å². The van der Waals surface area contributed by atoms with E-state index >= 15 is 0 Å². The molecule has 6 fully saturated rings. The Bertz CT molecular complexity index is 554. The normalized spacial score (nSPS) is 32.5. The lowest BCUT2D eigenvalue weighted by molar-refractivity contribution is 0.102. The molecule has 1 aromatic carbocycles. The van der Waals surface area contributed by atoms with Crippen molar-refractivity contribution in [1.82, 2.24) is 0 Å². The first-order chi connectivity index (χ1) is 16.7.